The van der Waals surface area contributed by atoms with Crippen LogP contribution in [-0.4, -0.2) is 12.5 Å². The van der Waals surface area contributed by atoms with Crippen molar-refractivity contribution in [3.8, 4) is 0 Å². The summed E-state index contributed by atoms with van der Waals surface area (Å²) in [5, 5.41) is 5.98. The van der Waals surface area contributed by atoms with E-state index in [0.717, 1.165) is 15.8 Å². The number of anilines is 2. The van der Waals surface area contributed by atoms with Crippen molar-refractivity contribution >= 4 is 33.2 Å². The average molecular weight is 333 g/mol. The fraction of sp³-hybridized carbons (Fsp3) is 0.188. The van der Waals surface area contributed by atoms with Crippen LogP contribution in [0.25, 0.3) is 0 Å². The Balaban J connectivity index is 1.90. The second-order valence-corrected chi connectivity index (χ2v) is 5.70. The minimum absolute atomic E-state index is 0.0634. The molecule has 0 aliphatic heterocycles. The van der Waals surface area contributed by atoms with Crippen LogP contribution in [0.3, 0.4) is 0 Å². The quantitative estimate of drug-likeness (QED) is 0.884. The van der Waals surface area contributed by atoms with E-state index in [1.807, 2.05) is 50.2 Å². The first kappa shape index (κ1) is 14.6. The van der Waals surface area contributed by atoms with Gasteiger partial charge in [0.25, 0.3) is 0 Å². The summed E-state index contributed by atoms with van der Waals surface area (Å²) in [6, 6.07) is 13.7. The van der Waals surface area contributed by atoms with Gasteiger partial charge in [-0.2, -0.15) is 0 Å². The molecule has 0 aliphatic carbocycles. The largest absolute Gasteiger partial charge is 0.376 e. The van der Waals surface area contributed by atoms with Crippen LogP contribution in [0.4, 0.5) is 11.4 Å². The van der Waals surface area contributed by atoms with E-state index in [1.165, 1.54) is 11.1 Å². The van der Waals surface area contributed by atoms with E-state index >= 15 is 0 Å². The van der Waals surface area contributed by atoms with Crippen molar-refractivity contribution in [2.24, 2.45) is 0 Å². The topological polar surface area (TPSA) is 41.1 Å². The van der Waals surface area contributed by atoms with E-state index in [1.54, 1.807) is 0 Å². The Labute approximate surface area is 127 Å². The van der Waals surface area contributed by atoms with Crippen molar-refractivity contribution in [1.82, 2.24) is 0 Å². The lowest BCUT2D eigenvalue weighted by atomic mass is 10.1. The van der Waals surface area contributed by atoms with E-state index in [0.29, 0.717) is 0 Å². The molecule has 4 heteroatoms. The zero-order valence-corrected chi connectivity index (χ0v) is 13.1. The molecule has 0 radical (unpaired) electrons. The fourth-order valence-corrected chi connectivity index (χ4v) is 2.26. The van der Waals surface area contributed by atoms with Crippen molar-refractivity contribution in [3.63, 3.8) is 0 Å². The number of carbonyl (C=O) groups excluding carboxylic acids is 1. The van der Waals surface area contributed by atoms with Crippen molar-refractivity contribution in [2.45, 2.75) is 13.8 Å². The first-order chi connectivity index (χ1) is 9.52. The molecule has 0 saturated heterocycles. The zero-order valence-electron chi connectivity index (χ0n) is 11.5. The van der Waals surface area contributed by atoms with Crippen LogP contribution in [0.2, 0.25) is 0 Å². The highest BCUT2D eigenvalue weighted by Crippen LogP contribution is 2.15. The predicted molar refractivity (Wildman–Crippen MR) is 87.2 cm³/mol. The number of rotatable bonds is 4. The number of halogens is 1. The molecule has 0 atom stereocenters. The molecule has 0 aromatic heterocycles. The molecule has 0 heterocycles. The van der Waals surface area contributed by atoms with Gasteiger partial charge in [0.05, 0.1) is 6.54 Å². The van der Waals surface area contributed by atoms with E-state index in [4.69, 9.17) is 0 Å². The summed E-state index contributed by atoms with van der Waals surface area (Å²) in [7, 11) is 0. The van der Waals surface area contributed by atoms with E-state index < -0.39 is 0 Å². The van der Waals surface area contributed by atoms with Gasteiger partial charge in [0.2, 0.25) is 5.91 Å². The monoisotopic (exact) mass is 332 g/mol. The molecule has 2 aromatic carbocycles. The molecule has 0 bridgehead atoms. The molecule has 0 saturated carbocycles. The van der Waals surface area contributed by atoms with Crippen LogP contribution >= 0.6 is 15.9 Å². The Bertz CT molecular complexity index is 588. The van der Waals surface area contributed by atoms with Crippen LogP contribution in [0.1, 0.15) is 11.1 Å². The number of hydrogen-bond acceptors (Lipinski definition) is 2. The maximum absolute atomic E-state index is 11.9. The lowest BCUT2D eigenvalue weighted by Crippen LogP contribution is -2.21. The number of aryl methyl sites for hydroxylation is 2. The Hall–Kier alpha value is -1.81. The van der Waals surface area contributed by atoms with Gasteiger partial charge in [0.15, 0.2) is 0 Å². The van der Waals surface area contributed by atoms with Gasteiger partial charge in [-0.25, -0.2) is 0 Å². The number of benzene rings is 2. The SMILES string of the molecule is Cc1cc(C)cc(NCC(=O)Nc2ccc(Br)cc2)c1. The van der Waals surface area contributed by atoms with Crippen molar-refractivity contribution in [2.75, 3.05) is 17.2 Å². The van der Waals surface area contributed by atoms with Crippen molar-refractivity contribution < 1.29 is 4.79 Å². The van der Waals surface area contributed by atoms with Crippen molar-refractivity contribution in [3.05, 3.63) is 58.1 Å². The Morgan fingerprint density at radius 2 is 1.60 bits per heavy atom. The van der Waals surface area contributed by atoms with E-state index in [9.17, 15) is 4.79 Å². The number of hydrogen-bond donors (Lipinski definition) is 2. The number of carbonyl (C=O) groups is 1. The highest BCUT2D eigenvalue weighted by Gasteiger charge is 2.03. The van der Waals surface area contributed by atoms with E-state index in [2.05, 4.69) is 32.6 Å². The summed E-state index contributed by atoms with van der Waals surface area (Å²) >= 11 is 3.36. The molecule has 2 aromatic rings. The van der Waals surface area contributed by atoms with Crippen LogP contribution in [0.5, 0.6) is 0 Å². The molecule has 1 amide bonds. The number of nitrogens with one attached hydrogen (secondary N) is 2. The smallest absolute Gasteiger partial charge is 0.243 e. The second kappa shape index (κ2) is 6.57. The van der Waals surface area contributed by atoms with Gasteiger partial charge >= 0.3 is 0 Å². The van der Waals surface area contributed by atoms with Crippen LogP contribution < -0.4 is 10.6 Å². The molecule has 2 N–H and O–H groups in total. The van der Waals surface area contributed by atoms with Crippen LogP contribution in [-0.2, 0) is 4.79 Å². The van der Waals surface area contributed by atoms with Gasteiger partial charge in [-0.3, -0.25) is 4.79 Å². The third-order valence-electron chi connectivity index (χ3n) is 2.80. The minimum Gasteiger partial charge on any atom is -0.376 e. The molecule has 0 unspecified atom stereocenters. The Kier molecular flexibility index (Phi) is 4.79. The van der Waals surface area contributed by atoms with Gasteiger partial charge in [-0.15, -0.1) is 0 Å². The summed E-state index contributed by atoms with van der Waals surface area (Å²) in [6.45, 7) is 4.33. The average Bonchev–Trinajstić information content (AvgIpc) is 2.38. The first-order valence-corrected chi connectivity index (χ1v) is 7.20. The third-order valence-corrected chi connectivity index (χ3v) is 3.33. The molecule has 0 spiro atoms. The molecule has 0 aliphatic rings. The molecule has 3 nitrogen and oxygen atoms in total. The van der Waals surface area contributed by atoms with Crippen LogP contribution in [0, 0.1) is 13.8 Å². The third kappa shape index (κ3) is 4.38. The van der Waals surface area contributed by atoms with E-state index in [-0.39, 0.29) is 12.5 Å². The standard InChI is InChI=1S/C16H17BrN2O/c1-11-7-12(2)9-15(8-11)18-10-16(20)19-14-5-3-13(17)4-6-14/h3-9,18H,10H2,1-2H3,(H,19,20). The van der Waals surface area contributed by atoms with Gasteiger partial charge in [0, 0.05) is 15.8 Å². The minimum atomic E-state index is -0.0634. The highest BCUT2D eigenvalue weighted by atomic mass is 79.9. The van der Waals surface area contributed by atoms with Crippen molar-refractivity contribution in [1.29, 1.82) is 0 Å². The summed E-state index contributed by atoms with van der Waals surface area (Å²) < 4.78 is 0.990. The molecule has 0 fully saturated rings. The predicted octanol–water partition coefficient (Wildman–Crippen LogP) is 4.12. The summed E-state index contributed by atoms with van der Waals surface area (Å²) in [5.41, 5.74) is 4.12. The molecular formula is C16H17BrN2O. The molecule has 104 valence electrons. The zero-order chi connectivity index (χ0) is 14.5. The van der Waals surface area contributed by atoms with Gasteiger partial charge in [-0.1, -0.05) is 22.0 Å². The summed E-state index contributed by atoms with van der Waals surface area (Å²) in [4.78, 5) is 11.9. The van der Waals surface area contributed by atoms with Crippen LogP contribution in [0.15, 0.2) is 46.9 Å². The lowest BCUT2D eigenvalue weighted by Gasteiger charge is -2.09. The Morgan fingerprint density at radius 1 is 1.00 bits per heavy atom. The van der Waals surface area contributed by atoms with Gasteiger partial charge in [-0.05, 0) is 61.4 Å². The van der Waals surface area contributed by atoms with Gasteiger partial charge < -0.3 is 10.6 Å². The second-order valence-electron chi connectivity index (χ2n) is 4.79. The normalized spacial score (nSPS) is 10.2. The maximum Gasteiger partial charge on any atom is 0.243 e. The lowest BCUT2D eigenvalue weighted by molar-refractivity contribution is -0.114. The number of amides is 1. The summed E-state index contributed by atoms with van der Waals surface area (Å²) in [5.74, 6) is -0.0634. The first-order valence-electron chi connectivity index (χ1n) is 6.40. The van der Waals surface area contributed by atoms with Gasteiger partial charge in [0.1, 0.15) is 0 Å². The summed E-state index contributed by atoms with van der Waals surface area (Å²) in [6.07, 6.45) is 0. The highest BCUT2D eigenvalue weighted by molar-refractivity contribution is 9.10. The fourth-order valence-electron chi connectivity index (χ4n) is 2.00. The molecule has 20 heavy (non-hydrogen) atoms. The molecule has 2 rings (SSSR count). The Morgan fingerprint density at radius 3 is 2.20 bits per heavy atom. The maximum atomic E-state index is 11.9. The molecular weight excluding hydrogens is 316 g/mol.